The highest BCUT2D eigenvalue weighted by atomic mass is 35.5. The molecule has 1 N–H and O–H groups in total. The second kappa shape index (κ2) is 10.7. The molecule has 1 saturated heterocycles. The number of halogens is 1. The van der Waals surface area contributed by atoms with Crippen molar-refractivity contribution in [1.82, 2.24) is 15.1 Å². The van der Waals surface area contributed by atoms with Gasteiger partial charge in [-0.05, 0) is 74.4 Å². The molecule has 1 unspecified atom stereocenters. The van der Waals surface area contributed by atoms with Gasteiger partial charge in [-0.15, -0.1) is 0 Å². The van der Waals surface area contributed by atoms with Gasteiger partial charge in [-0.25, -0.2) is 4.79 Å². The van der Waals surface area contributed by atoms with Gasteiger partial charge in [-0.3, -0.25) is 4.90 Å². The van der Waals surface area contributed by atoms with E-state index < -0.39 is 0 Å². The molecule has 0 spiro atoms. The summed E-state index contributed by atoms with van der Waals surface area (Å²) in [6.07, 6.45) is 10.3. The number of carbonyl (C=O) groups excluding carboxylic acids is 1. The van der Waals surface area contributed by atoms with Crippen LogP contribution in [0.5, 0.6) is 0 Å². The molecule has 1 aromatic carbocycles. The molecule has 1 aliphatic heterocycles. The van der Waals surface area contributed by atoms with E-state index in [2.05, 4.69) is 48.0 Å². The van der Waals surface area contributed by atoms with Gasteiger partial charge in [-0.1, -0.05) is 55.8 Å². The molecule has 1 aromatic rings. The maximum atomic E-state index is 12.7. The van der Waals surface area contributed by atoms with Crippen molar-refractivity contribution >= 4 is 17.6 Å². The first kappa shape index (κ1) is 24.6. The first-order chi connectivity index (χ1) is 15.2. The highest BCUT2D eigenvalue weighted by molar-refractivity contribution is 6.30. The van der Waals surface area contributed by atoms with E-state index in [0.29, 0.717) is 0 Å². The van der Waals surface area contributed by atoms with E-state index in [1.807, 2.05) is 37.8 Å². The lowest BCUT2D eigenvalue weighted by molar-refractivity contribution is 0.114. The molecule has 4 nitrogen and oxygen atoms in total. The van der Waals surface area contributed by atoms with E-state index in [9.17, 15) is 4.79 Å². The number of carbonyl (C=O) groups is 1. The average molecular weight is 456 g/mol. The highest BCUT2D eigenvalue weighted by Crippen LogP contribution is 2.41. The number of piperazine rings is 1. The minimum Gasteiger partial charge on any atom is -0.333 e. The second-order valence-corrected chi connectivity index (χ2v) is 10.3. The molecule has 174 valence electrons. The normalized spacial score (nSPS) is 20.3. The van der Waals surface area contributed by atoms with Crippen LogP contribution in [0.3, 0.4) is 0 Å². The summed E-state index contributed by atoms with van der Waals surface area (Å²) in [5.74, 6) is 0. The van der Waals surface area contributed by atoms with Crippen LogP contribution in [0.15, 0.2) is 54.2 Å². The molecule has 0 aromatic heterocycles. The van der Waals surface area contributed by atoms with Gasteiger partial charge >= 0.3 is 6.03 Å². The standard InChI is InChI=1S/C27H38ClN3O/c1-6-8-10-20-11-12-21-19-22(28)13-14-24(21)25(23(20)9-7-2)30-15-17-31(18-16-30)26(32)29-27(3,4)5/h6,8,10,13-14,19,25H,1,7,9,11-12,15-18H2,2-5H3,(H,29,32)/b10-8-. The Hall–Kier alpha value is -2.04. The third-order valence-corrected chi connectivity index (χ3v) is 6.44. The van der Waals surface area contributed by atoms with Gasteiger partial charge in [0.25, 0.3) is 0 Å². The van der Waals surface area contributed by atoms with Crippen LogP contribution in [0, 0.1) is 0 Å². The van der Waals surface area contributed by atoms with Crippen LogP contribution in [0.2, 0.25) is 5.02 Å². The van der Waals surface area contributed by atoms with Crippen molar-refractivity contribution in [1.29, 1.82) is 0 Å². The molecular weight excluding hydrogens is 418 g/mol. The molecule has 0 bridgehead atoms. The number of benzene rings is 1. The first-order valence-corrected chi connectivity index (χ1v) is 12.2. The SMILES string of the molecule is C=C/C=C\C1=C(CCC)C(N2CCN(C(=O)NC(C)(C)C)CC2)c2ccc(Cl)cc2CC1. The van der Waals surface area contributed by atoms with Crippen molar-refractivity contribution < 1.29 is 4.79 Å². The maximum absolute atomic E-state index is 12.7. The number of aryl methyl sites for hydroxylation is 1. The molecule has 0 saturated carbocycles. The van der Waals surface area contributed by atoms with E-state index in [-0.39, 0.29) is 17.6 Å². The Bertz CT molecular complexity index is 889. The number of fused-ring (bicyclic) bond motifs is 1. The number of amides is 2. The number of hydrogen-bond acceptors (Lipinski definition) is 2. The number of rotatable bonds is 5. The smallest absolute Gasteiger partial charge is 0.317 e. The van der Waals surface area contributed by atoms with E-state index in [0.717, 1.165) is 56.9 Å². The zero-order valence-corrected chi connectivity index (χ0v) is 20.8. The van der Waals surface area contributed by atoms with Gasteiger partial charge in [0.1, 0.15) is 0 Å². The van der Waals surface area contributed by atoms with E-state index >= 15 is 0 Å². The van der Waals surface area contributed by atoms with Crippen LogP contribution in [0.1, 0.15) is 64.1 Å². The third kappa shape index (κ3) is 6.05. The summed E-state index contributed by atoms with van der Waals surface area (Å²) in [7, 11) is 0. The summed E-state index contributed by atoms with van der Waals surface area (Å²) in [5, 5.41) is 3.90. The molecule has 2 aliphatic rings. The summed E-state index contributed by atoms with van der Waals surface area (Å²) in [6.45, 7) is 15.4. The lowest BCUT2D eigenvalue weighted by atomic mass is 9.89. The third-order valence-electron chi connectivity index (χ3n) is 6.21. The molecule has 3 rings (SSSR count). The first-order valence-electron chi connectivity index (χ1n) is 11.8. The molecule has 2 amide bonds. The predicted octanol–water partition coefficient (Wildman–Crippen LogP) is 6.29. The van der Waals surface area contributed by atoms with Crippen LogP contribution >= 0.6 is 11.6 Å². The fraction of sp³-hybridized carbons (Fsp3) is 0.519. The van der Waals surface area contributed by atoms with E-state index in [1.54, 1.807) is 0 Å². The van der Waals surface area contributed by atoms with Crippen LogP contribution < -0.4 is 5.32 Å². The monoisotopic (exact) mass is 455 g/mol. The lowest BCUT2D eigenvalue weighted by Gasteiger charge is -2.41. The van der Waals surface area contributed by atoms with Crippen LogP contribution in [-0.2, 0) is 6.42 Å². The maximum Gasteiger partial charge on any atom is 0.317 e. The molecule has 1 heterocycles. The predicted molar refractivity (Wildman–Crippen MR) is 135 cm³/mol. The number of urea groups is 1. The fourth-order valence-electron chi connectivity index (χ4n) is 4.79. The van der Waals surface area contributed by atoms with E-state index in [4.69, 9.17) is 11.6 Å². The summed E-state index contributed by atoms with van der Waals surface area (Å²) in [6, 6.07) is 6.64. The Morgan fingerprint density at radius 2 is 1.94 bits per heavy atom. The minimum absolute atomic E-state index is 0.0316. The highest BCUT2D eigenvalue weighted by Gasteiger charge is 2.33. The van der Waals surface area contributed by atoms with Crippen LogP contribution in [0.25, 0.3) is 0 Å². The van der Waals surface area contributed by atoms with Crippen molar-refractivity contribution in [2.45, 2.75) is 65.0 Å². The Morgan fingerprint density at radius 3 is 2.56 bits per heavy atom. The quantitative estimate of drug-likeness (QED) is 0.529. The zero-order chi connectivity index (χ0) is 23.3. The summed E-state index contributed by atoms with van der Waals surface area (Å²) in [4.78, 5) is 17.2. The topological polar surface area (TPSA) is 35.6 Å². The zero-order valence-electron chi connectivity index (χ0n) is 20.1. The van der Waals surface area contributed by atoms with Gasteiger partial charge in [0.2, 0.25) is 0 Å². The molecule has 1 aliphatic carbocycles. The van der Waals surface area contributed by atoms with Gasteiger partial charge in [-0.2, -0.15) is 0 Å². The van der Waals surface area contributed by atoms with Crippen molar-refractivity contribution in [2.75, 3.05) is 26.2 Å². The Morgan fingerprint density at radius 1 is 1.22 bits per heavy atom. The van der Waals surface area contributed by atoms with Gasteiger partial charge in [0, 0.05) is 36.7 Å². The molecule has 32 heavy (non-hydrogen) atoms. The lowest BCUT2D eigenvalue weighted by Crippen LogP contribution is -2.55. The molecule has 0 radical (unpaired) electrons. The molecular formula is C27H38ClN3O. The summed E-state index contributed by atoms with van der Waals surface area (Å²) in [5.41, 5.74) is 5.40. The fourth-order valence-corrected chi connectivity index (χ4v) is 4.99. The Balaban J connectivity index is 1.92. The van der Waals surface area contributed by atoms with Gasteiger partial charge in [0.15, 0.2) is 0 Å². The Labute approximate surface area is 199 Å². The Kier molecular flexibility index (Phi) is 8.24. The second-order valence-electron chi connectivity index (χ2n) is 9.84. The minimum atomic E-state index is -0.225. The van der Waals surface area contributed by atoms with Crippen LogP contribution in [0.4, 0.5) is 4.79 Å². The number of hydrogen-bond donors (Lipinski definition) is 1. The summed E-state index contributed by atoms with van der Waals surface area (Å²) < 4.78 is 0. The molecule has 1 atom stereocenters. The number of nitrogens with one attached hydrogen (secondary N) is 1. The molecule has 5 heteroatoms. The summed E-state index contributed by atoms with van der Waals surface area (Å²) >= 11 is 6.38. The van der Waals surface area contributed by atoms with Crippen molar-refractivity contribution in [2.24, 2.45) is 0 Å². The average Bonchev–Trinajstić information content (AvgIpc) is 2.88. The number of nitrogens with zero attached hydrogens (tertiary/aromatic N) is 2. The van der Waals surface area contributed by atoms with Crippen molar-refractivity contribution in [3.63, 3.8) is 0 Å². The van der Waals surface area contributed by atoms with Crippen molar-refractivity contribution in [3.05, 3.63) is 70.3 Å². The van der Waals surface area contributed by atoms with Gasteiger partial charge in [0.05, 0.1) is 6.04 Å². The van der Waals surface area contributed by atoms with Gasteiger partial charge < -0.3 is 10.2 Å². The van der Waals surface area contributed by atoms with Crippen molar-refractivity contribution in [3.8, 4) is 0 Å². The van der Waals surface area contributed by atoms with Crippen LogP contribution in [-0.4, -0.2) is 47.5 Å². The van der Waals surface area contributed by atoms with E-state index in [1.165, 1.54) is 22.3 Å². The largest absolute Gasteiger partial charge is 0.333 e. The molecule has 1 fully saturated rings. The number of allylic oxidation sites excluding steroid dienone is 4.